The zero-order chi connectivity index (χ0) is 44.5. The van der Waals surface area contributed by atoms with Crippen LogP contribution in [-0.4, -0.2) is 9.13 Å². The molecule has 2 nitrogen and oxygen atoms in total. The van der Waals surface area contributed by atoms with Crippen molar-refractivity contribution in [3.05, 3.63) is 210 Å². The van der Waals surface area contributed by atoms with Crippen molar-refractivity contribution in [1.29, 1.82) is 0 Å². The molecule has 0 radical (unpaired) electrons. The lowest BCUT2D eigenvalue weighted by Crippen LogP contribution is -2.00. The lowest BCUT2D eigenvalue weighted by Gasteiger charge is -2.18. The van der Waals surface area contributed by atoms with Crippen LogP contribution in [0, 0.1) is 11.8 Å². The number of benzene rings is 9. The molecule has 0 saturated heterocycles. The predicted molar refractivity (Wildman–Crippen MR) is 283 cm³/mol. The highest BCUT2D eigenvalue weighted by molar-refractivity contribution is 6.21. The van der Waals surface area contributed by atoms with Crippen LogP contribution in [0.3, 0.4) is 0 Å². The molecule has 66 heavy (non-hydrogen) atoms. The average molecular weight is 851 g/mol. The summed E-state index contributed by atoms with van der Waals surface area (Å²) in [5.74, 6) is 1.23. The lowest BCUT2D eigenvalue weighted by molar-refractivity contribution is 0.647. The Kier molecular flexibility index (Phi) is 9.86. The molecule has 11 aromatic rings. The van der Waals surface area contributed by atoms with E-state index in [1.165, 1.54) is 121 Å². The summed E-state index contributed by atoms with van der Waals surface area (Å²) in [4.78, 5) is 0. The maximum absolute atomic E-state index is 2.48. The fourth-order valence-electron chi connectivity index (χ4n) is 11.2. The Morgan fingerprint density at radius 3 is 1.39 bits per heavy atom. The van der Waals surface area contributed by atoms with E-state index in [0.29, 0.717) is 11.8 Å². The quantitative estimate of drug-likeness (QED) is 0.128. The number of aryl methyl sites for hydroxylation is 1. The molecule has 12 rings (SSSR count). The highest BCUT2D eigenvalue weighted by atomic mass is 15.0. The molecule has 0 amide bonds. The van der Waals surface area contributed by atoms with Gasteiger partial charge in [0.15, 0.2) is 0 Å². The summed E-state index contributed by atoms with van der Waals surface area (Å²) >= 11 is 0. The molecule has 0 bridgehead atoms. The van der Waals surface area contributed by atoms with Crippen LogP contribution in [0.15, 0.2) is 188 Å². The van der Waals surface area contributed by atoms with Gasteiger partial charge in [-0.15, -0.1) is 0 Å². The summed E-state index contributed by atoms with van der Waals surface area (Å²) in [6, 6.07) is 68.6. The minimum absolute atomic E-state index is 0.615. The van der Waals surface area contributed by atoms with E-state index in [2.05, 4.69) is 231 Å². The molecule has 0 fully saturated rings. The van der Waals surface area contributed by atoms with Gasteiger partial charge in [-0.1, -0.05) is 155 Å². The third kappa shape index (κ3) is 6.78. The second-order valence-electron chi connectivity index (χ2n) is 19.4. The van der Waals surface area contributed by atoms with Crippen LogP contribution in [0.5, 0.6) is 0 Å². The van der Waals surface area contributed by atoms with Crippen LogP contribution >= 0.6 is 0 Å². The van der Waals surface area contributed by atoms with E-state index in [1.807, 2.05) is 0 Å². The second-order valence-corrected chi connectivity index (χ2v) is 19.4. The first-order valence-electron chi connectivity index (χ1n) is 24.0. The summed E-state index contributed by atoms with van der Waals surface area (Å²) in [6.45, 7) is 9.23. The van der Waals surface area contributed by atoms with Gasteiger partial charge in [0.2, 0.25) is 0 Å². The van der Waals surface area contributed by atoms with E-state index in [-0.39, 0.29) is 0 Å². The van der Waals surface area contributed by atoms with Gasteiger partial charge in [-0.3, -0.25) is 0 Å². The first-order valence-corrected chi connectivity index (χ1v) is 24.0. The molecule has 2 heteroatoms. The van der Waals surface area contributed by atoms with Crippen molar-refractivity contribution in [2.75, 3.05) is 0 Å². The van der Waals surface area contributed by atoms with Crippen molar-refractivity contribution in [3.63, 3.8) is 0 Å². The Labute approximate surface area is 388 Å². The zero-order valence-corrected chi connectivity index (χ0v) is 38.4. The van der Waals surface area contributed by atoms with Crippen molar-refractivity contribution in [3.8, 4) is 44.8 Å². The molecule has 2 aromatic heterocycles. The van der Waals surface area contributed by atoms with E-state index in [4.69, 9.17) is 0 Å². The van der Waals surface area contributed by atoms with Crippen LogP contribution in [0.1, 0.15) is 56.5 Å². The minimum atomic E-state index is 0.615. The monoisotopic (exact) mass is 850 g/mol. The first-order chi connectivity index (χ1) is 32.4. The number of fused-ring (bicyclic) bond motifs is 8. The summed E-state index contributed by atoms with van der Waals surface area (Å²) in [6.07, 6.45) is 8.94. The fourth-order valence-corrected chi connectivity index (χ4v) is 11.2. The summed E-state index contributed by atoms with van der Waals surface area (Å²) in [5, 5.41) is 9.14. The van der Waals surface area contributed by atoms with Crippen molar-refractivity contribution in [2.45, 2.75) is 53.4 Å². The molecule has 2 heterocycles. The smallest absolute Gasteiger partial charge is 0.0541 e. The van der Waals surface area contributed by atoms with Crippen LogP contribution in [0.2, 0.25) is 0 Å². The highest BCUT2D eigenvalue weighted by Gasteiger charge is 2.21. The maximum atomic E-state index is 2.48. The van der Waals surface area contributed by atoms with E-state index < -0.39 is 0 Å². The van der Waals surface area contributed by atoms with Crippen molar-refractivity contribution in [1.82, 2.24) is 9.13 Å². The molecule has 0 saturated carbocycles. The Morgan fingerprint density at radius 2 is 0.848 bits per heavy atom. The third-order valence-corrected chi connectivity index (χ3v) is 14.0. The van der Waals surface area contributed by atoms with E-state index >= 15 is 0 Å². The van der Waals surface area contributed by atoms with Crippen LogP contribution in [-0.2, 0) is 19.3 Å². The maximum Gasteiger partial charge on any atom is 0.0541 e. The second kappa shape index (κ2) is 16.2. The summed E-state index contributed by atoms with van der Waals surface area (Å²) in [5.41, 5.74) is 19.2. The van der Waals surface area contributed by atoms with Gasteiger partial charge in [0.1, 0.15) is 0 Å². The molecule has 9 aromatic carbocycles. The SMILES string of the molecule is CC(C)Cc1ccc2c(c1)c1cc(CC(C)C)ccc1n2-c1ccc(-c2ccc3c(c2)c2c(n3-c3ccc(-c4c5ccccc5c(-c5ccccc5)c5ccccc45)cc3)C=CCC2)cc1. The van der Waals surface area contributed by atoms with Gasteiger partial charge in [-0.25, -0.2) is 0 Å². The summed E-state index contributed by atoms with van der Waals surface area (Å²) < 4.78 is 4.95. The molecule has 1 aliphatic carbocycles. The largest absolute Gasteiger partial charge is 0.310 e. The molecule has 1 aliphatic rings. The van der Waals surface area contributed by atoms with Gasteiger partial charge in [0.05, 0.1) is 16.6 Å². The minimum Gasteiger partial charge on any atom is -0.310 e. The van der Waals surface area contributed by atoms with Gasteiger partial charge >= 0.3 is 0 Å². The Bertz CT molecular complexity index is 3540. The molecular formula is C64H54N2. The zero-order valence-electron chi connectivity index (χ0n) is 38.4. The third-order valence-electron chi connectivity index (χ3n) is 14.0. The molecule has 0 atom stereocenters. The van der Waals surface area contributed by atoms with Crippen molar-refractivity contribution >= 4 is 60.3 Å². The molecule has 0 aliphatic heterocycles. The van der Waals surface area contributed by atoms with Crippen molar-refractivity contribution in [2.24, 2.45) is 11.8 Å². The first kappa shape index (κ1) is 40.1. The van der Waals surface area contributed by atoms with Crippen LogP contribution in [0.25, 0.3) is 105 Å². The van der Waals surface area contributed by atoms with Crippen LogP contribution < -0.4 is 0 Å². The Hall–Kier alpha value is -7.42. The Balaban J connectivity index is 0.922. The lowest BCUT2D eigenvalue weighted by atomic mass is 9.86. The number of rotatable bonds is 9. The average Bonchev–Trinajstić information content (AvgIpc) is 3.85. The predicted octanol–water partition coefficient (Wildman–Crippen LogP) is 17.4. The number of hydrogen-bond acceptors (Lipinski definition) is 0. The standard InChI is InChI=1S/C64H54N2/c1-41(2)36-43-22-33-60-56(38-43)57-39-44(37-42(3)4)23-34-61(57)66(60)49-29-24-45(25-30-49)48-28-35-62-58(40-48)51-16-12-13-21-59(51)65(62)50-31-26-47(27-32-50)64-54-19-10-8-17-52(54)63(46-14-6-5-7-15-46)53-18-9-11-20-55(53)64/h5-11,13-15,17-35,38-42H,12,16,36-37H2,1-4H3. The van der Waals surface area contributed by atoms with E-state index in [9.17, 15) is 0 Å². The number of aromatic nitrogens is 2. The molecule has 0 N–H and O–H groups in total. The molecule has 0 spiro atoms. The van der Waals surface area contributed by atoms with E-state index in [0.717, 1.165) is 25.7 Å². The summed E-state index contributed by atoms with van der Waals surface area (Å²) in [7, 11) is 0. The van der Waals surface area contributed by atoms with Gasteiger partial charge in [0, 0.05) is 33.2 Å². The topological polar surface area (TPSA) is 9.86 Å². The fraction of sp³-hybridized carbons (Fsp3) is 0.156. The highest BCUT2D eigenvalue weighted by Crippen LogP contribution is 2.44. The normalized spacial score (nSPS) is 12.8. The van der Waals surface area contributed by atoms with Crippen LogP contribution in [0.4, 0.5) is 0 Å². The van der Waals surface area contributed by atoms with Gasteiger partial charge in [0.25, 0.3) is 0 Å². The van der Waals surface area contributed by atoms with Gasteiger partial charge in [-0.2, -0.15) is 0 Å². The van der Waals surface area contributed by atoms with Crippen molar-refractivity contribution < 1.29 is 0 Å². The number of nitrogens with zero attached hydrogens (tertiary/aromatic N) is 2. The molecule has 0 unspecified atom stereocenters. The molecule has 320 valence electrons. The van der Waals surface area contributed by atoms with Gasteiger partial charge in [-0.05, 0) is 176 Å². The number of hydrogen-bond donors (Lipinski definition) is 0. The van der Waals surface area contributed by atoms with E-state index in [1.54, 1.807) is 0 Å². The number of allylic oxidation sites excluding steroid dienone is 1. The molecular weight excluding hydrogens is 797 g/mol. The Morgan fingerprint density at radius 1 is 0.394 bits per heavy atom. The van der Waals surface area contributed by atoms with Gasteiger partial charge < -0.3 is 9.13 Å².